The molecule has 6 nitrogen and oxygen atoms in total. The summed E-state index contributed by atoms with van der Waals surface area (Å²) < 4.78 is 5.45. The normalized spacial score (nSPS) is 17.2. The van der Waals surface area contributed by atoms with Crippen LogP contribution in [0.5, 0.6) is 5.75 Å². The van der Waals surface area contributed by atoms with Gasteiger partial charge in [-0.25, -0.2) is 0 Å². The van der Waals surface area contributed by atoms with Gasteiger partial charge in [0.2, 0.25) is 0 Å². The Bertz CT molecular complexity index is 1250. The molecule has 0 aliphatic carbocycles. The Morgan fingerprint density at radius 2 is 1.65 bits per heavy atom. The van der Waals surface area contributed by atoms with Crippen molar-refractivity contribution in [2.75, 3.05) is 26.1 Å². The smallest absolute Gasteiger partial charge is 0.295 e. The molecule has 4 rings (SSSR count). The highest BCUT2D eigenvalue weighted by molar-refractivity contribution is 6.46. The second-order valence-electron chi connectivity index (χ2n) is 8.23. The molecule has 7 heteroatoms. The van der Waals surface area contributed by atoms with E-state index in [0.29, 0.717) is 16.3 Å². The van der Waals surface area contributed by atoms with Crippen molar-refractivity contribution in [1.29, 1.82) is 0 Å². The molecule has 0 radical (unpaired) electrons. The van der Waals surface area contributed by atoms with Crippen LogP contribution in [0.1, 0.15) is 22.7 Å². The number of amides is 1. The van der Waals surface area contributed by atoms with E-state index in [2.05, 4.69) is 0 Å². The van der Waals surface area contributed by atoms with Crippen LogP contribution in [-0.4, -0.2) is 42.9 Å². The van der Waals surface area contributed by atoms with E-state index in [0.717, 1.165) is 16.8 Å². The molecular weight excluding hydrogens is 452 g/mol. The lowest BCUT2D eigenvalue weighted by Crippen LogP contribution is -2.29. The summed E-state index contributed by atoms with van der Waals surface area (Å²) in [6.45, 7) is 0.145. The first-order chi connectivity index (χ1) is 16.3. The van der Waals surface area contributed by atoms with Crippen LogP contribution in [0, 0.1) is 0 Å². The number of nitrogens with zero attached hydrogens (tertiary/aromatic N) is 2. The van der Waals surface area contributed by atoms with Crippen LogP contribution in [0.2, 0.25) is 5.02 Å². The molecule has 0 saturated carbocycles. The minimum Gasteiger partial charge on any atom is -0.507 e. The molecule has 0 bridgehead atoms. The molecule has 1 aliphatic heterocycles. The molecule has 3 aromatic carbocycles. The maximum Gasteiger partial charge on any atom is 0.295 e. The predicted molar refractivity (Wildman–Crippen MR) is 133 cm³/mol. The predicted octanol–water partition coefficient (Wildman–Crippen LogP) is 5.04. The zero-order valence-corrected chi connectivity index (χ0v) is 19.9. The second-order valence-corrected chi connectivity index (χ2v) is 8.67. The first-order valence-corrected chi connectivity index (χ1v) is 11.1. The van der Waals surface area contributed by atoms with Crippen molar-refractivity contribution in [3.63, 3.8) is 0 Å². The summed E-state index contributed by atoms with van der Waals surface area (Å²) in [7, 11) is 5.43. The van der Waals surface area contributed by atoms with Gasteiger partial charge in [-0.15, -0.1) is 0 Å². The minimum absolute atomic E-state index is 0.0415. The third kappa shape index (κ3) is 4.37. The Morgan fingerprint density at radius 3 is 2.26 bits per heavy atom. The van der Waals surface area contributed by atoms with Gasteiger partial charge < -0.3 is 19.6 Å². The number of halogens is 1. The van der Waals surface area contributed by atoms with Gasteiger partial charge in [0.25, 0.3) is 11.7 Å². The summed E-state index contributed by atoms with van der Waals surface area (Å²) in [6.07, 6.45) is 0. The summed E-state index contributed by atoms with van der Waals surface area (Å²) in [6, 6.07) is 20.7. The summed E-state index contributed by atoms with van der Waals surface area (Å²) in [5, 5.41) is 11.7. The van der Waals surface area contributed by atoms with Crippen LogP contribution < -0.4 is 9.64 Å². The second kappa shape index (κ2) is 9.61. The number of hydrogen-bond donors (Lipinski definition) is 1. The summed E-state index contributed by atoms with van der Waals surface area (Å²) in [4.78, 5) is 29.9. The van der Waals surface area contributed by atoms with Gasteiger partial charge in [-0.1, -0.05) is 41.9 Å². The Labute approximate surface area is 203 Å². The van der Waals surface area contributed by atoms with Gasteiger partial charge in [0, 0.05) is 35.9 Å². The zero-order chi connectivity index (χ0) is 24.4. The number of aliphatic hydroxyl groups excluding tert-OH is 1. The number of hydrogen-bond acceptors (Lipinski definition) is 5. The molecular formula is C27H25ClN2O4. The van der Waals surface area contributed by atoms with Gasteiger partial charge >= 0.3 is 0 Å². The first-order valence-electron chi connectivity index (χ1n) is 10.8. The topological polar surface area (TPSA) is 70.1 Å². The number of carbonyl (C=O) groups is 2. The Morgan fingerprint density at radius 1 is 1.00 bits per heavy atom. The van der Waals surface area contributed by atoms with E-state index in [-0.39, 0.29) is 17.9 Å². The summed E-state index contributed by atoms with van der Waals surface area (Å²) in [5.41, 5.74) is 2.90. The van der Waals surface area contributed by atoms with Crippen molar-refractivity contribution in [3.05, 3.63) is 100 Å². The molecule has 3 aromatic rings. The summed E-state index contributed by atoms with van der Waals surface area (Å²) in [5.74, 6) is -1.03. The lowest BCUT2D eigenvalue weighted by Gasteiger charge is -2.26. The zero-order valence-electron chi connectivity index (χ0n) is 19.2. The Kier molecular flexibility index (Phi) is 6.61. The van der Waals surface area contributed by atoms with Gasteiger partial charge in [0.15, 0.2) is 0 Å². The third-order valence-electron chi connectivity index (χ3n) is 5.92. The third-order valence-corrected chi connectivity index (χ3v) is 6.17. The number of methoxy groups -OCH3 is 1. The fourth-order valence-electron chi connectivity index (χ4n) is 4.12. The fourth-order valence-corrected chi connectivity index (χ4v) is 4.25. The number of ether oxygens (including phenoxy) is 1. The highest BCUT2D eigenvalue weighted by Crippen LogP contribution is 2.41. The molecule has 1 atom stereocenters. The fraction of sp³-hybridized carbons (Fsp3) is 0.185. The van der Waals surface area contributed by atoms with Crippen LogP contribution in [-0.2, 0) is 16.1 Å². The number of Topliss-reactive ketones (excluding diaryl/α,β-unsaturated/α-hetero) is 1. The highest BCUT2D eigenvalue weighted by atomic mass is 35.5. The number of benzene rings is 3. The molecule has 1 heterocycles. The van der Waals surface area contributed by atoms with E-state index in [9.17, 15) is 14.7 Å². The minimum atomic E-state index is -0.767. The number of para-hydroxylation sites is 1. The number of likely N-dealkylation sites (tertiary alicyclic amines) is 1. The molecule has 1 N–H and O–H groups in total. The lowest BCUT2D eigenvalue weighted by atomic mass is 9.95. The SMILES string of the molecule is COc1ccccc1CN1C(=O)C(=O)/C(=C(\O)c2ccc(Cl)cc2)C1c1ccc(N(C)C)cc1. The van der Waals surface area contributed by atoms with Crippen LogP contribution >= 0.6 is 11.6 Å². The monoisotopic (exact) mass is 476 g/mol. The van der Waals surface area contributed by atoms with E-state index in [4.69, 9.17) is 16.3 Å². The van der Waals surface area contributed by atoms with E-state index in [1.54, 1.807) is 37.4 Å². The lowest BCUT2D eigenvalue weighted by molar-refractivity contribution is -0.140. The van der Waals surface area contributed by atoms with Crippen molar-refractivity contribution in [2.45, 2.75) is 12.6 Å². The number of ketones is 1. The molecule has 1 amide bonds. The molecule has 1 aliphatic rings. The largest absolute Gasteiger partial charge is 0.507 e. The van der Waals surface area contributed by atoms with Crippen molar-refractivity contribution in [3.8, 4) is 5.75 Å². The standard InChI is InChI=1S/C27H25ClN2O4/c1-29(2)21-14-10-17(11-15-21)24-23(25(31)18-8-12-20(28)13-9-18)26(32)27(33)30(24)16-19-6-4-5-7-22(19)34-3/h4-15,24,31H,16H2,1-3H3/b25-23-. The molecule has 1 unspecified atom stereocenters. The highest BCUT2D eigenvalue weighted by Gasteiger charge is 2.46. The van der Waals surface area contributed by atoms with Gasteiger partial charge in [0.1, 0.15) is 11.5 Å². The van der Waals surface area contributed by atoms with Gasteiger partial charge in [-0.3, -0.25) is 9.59 Å². The van der Waals surface area contributed by atoms with Crippen LogP contribution in [0.4, 0.5) is 5.69 Å². The maximum absolute atomic E-state index is 13.2. The molecule has 0 spiro atoms. The number of anilines is 1. The van der Waals surface area contributed by atoms with Crippen LogP contribution in [0.15, 0.2) is 78.4 Å². The van der Waals surface area contributed by atoms with Crippen LogP contribution in [0.3, 0.4) is 0 Å². The van der Waals surface area contributed by atoms with Crippen molar-refractivity contribution >= 4 is 34.7 Å². The van der Waals surface area contributed by atoms with Gasteiger partial charge in [0.05, 0.1) is 25.3 Å². The van der Waals surface area contributed by atoms with Gasteiger partial charge in [-0.05, 0) is 48.0 Å². The van der Waals surface area contributed by atoms with E-state index in [1.165, 1.54) is 4.90 Å². The van der Waals surface area contributed by atoms with Gasteiger partial charge in [-0.2, -0.15) is 0 Å². The maximum atomic E-state index is 13.2. The first kappa shape index (κ1) is 23.4. The molecule has 174 valence electrons. The van der Waals surface area contributed by atoms with E-state index < -0.39 is 17.7 Å². The van der Waals surface area contributed by atoms with Crippen molar-refractivity contribution in [1.82, 2.24) is 4.90 Å². The average Bonchev–Trinajstić information content (AvgIpc) is 3.09. The van der Waals surface area contributed by atoms with E-state index in [1.807, 2.05) is 61.5 Å². The van der Waals surface area contributed by atoms with Crippen LogP contribution in [0.25, 0.3) is 5.76 Å². The molecule has 0 aromatic heterocycles. The number of carbonyl (C=O) groups excluding carboxylic acids is 2. The number of aliphatic hydroxyl groups is 1. The molecule has 1 saturated heterocycles. The number of rotatable bonds is 6. The molecule has 1 fully saturated rings. The van der Waals surface area contributed by atoms with E-state index >= 15 is 0 Å². The Hall–Kier alpha value is -3.77. The van der Waals surface area contributed by atoms with Crippen molar-refractivity contribution in [2.24, 2.45) is 0 Å². The van der Waals surface area contributed by atoms with Crippen molar-refractivity contribution < 1.29 is 19.4 Å². The Balaban J connectivity index is 1.86. The molecule has 34 heavy (non-hydrogen) atoms. The summed E-state index contributed by atoms with van der Waals surface area (Å²) >= 11 is 5.99. The quantitative estimate of drug-likeness (QED) is 0.307. The average molecular weight is 477 g/mol.